The number of anilines is 1. The first-order valence-corrected chi connectivity index (χ1v) is 12.0. The first kappa shape index (κ1) is 29.9. The Kier molecular flexibility index (Phi) is 12.2. The van der Waals surface area contributed by atoms with Crippen molar-refractivity contribution >= 4 is 17.7 Å². The van der Waals surface area contributed by atoms with Gasteiger partial charge in [0.2, 0.25) is 0 Å². The summed E-state index contributed by atoms with van der Waals surface area (Å²) in [6, 6.07) is 11.5. The van der Waals surface area contributed by atoms with Crippen molar-refractivity contribution in [3.05, 3.63) is 59.9 Å². The summed E-state index contributed by atoms with van der Waals surface area (Å²) in [5.41, 5.74) is 1.13. The van der Waals surface area contributed by atoms with Gasteiger partial charge in [-0.25, -0.2) is 22.8 Å². The van der Waals surface area contributed by atoms with Gasteiger partial charge in [-0.2, -0.15) is 0 Å². The lowest BCUT2D eigenvalue weighted by molar-refractivity contribution is -0.149. The van der Waals surface area contributed by atoms with Crippen molar-refractivity contribution in [3.8, 4) is 5.75 Å². The van der Waals surface area contributed by atoms with Gasteiger partial charge in [-0.3, -0.25) is 0 Å². The molecule has 2 N–H and O–H groups in total. The number of halogens is 3. The van der Waals surface area contributed by atoms with Crippen LogP contribution in [-0.4, -0.2) is 73.6 Å². The molecule has 37 heavy (non-hydrogen) atoms. The van der Waals surface area contributed by atoms with E-state index in [0.29, 0.717) is 11.4 Å². The molecular formula is C26H33F3N2O6. The second-order valence-electron chi connectivity index (χ2n) is 8.16. The molecule has 2 amide bonds. The third kappa shape index (κ3) is 11.1. The lowest BCUT2D eigenvalue weighted by Gasteiger charge is -2.24. The number of aliphatic carboxylic acids is 1. The summed E-state index contributed by atoms with van der Waals surface area (Å²) in [5, 5.41) is 11.9. The van der Waals surface area contributed by atoms with Crippen LogP contribution in [0.1, 0.15) is 25.8 Å². The first-order chi connectivity index (χ1) is 17.6. The van der Waals surface area contributed by atoms with E-state index < -0.39 is 36.5 Å². The van der Waals surface area contributed by atoms with Crippen LogP contribution in [0.15, 0.2) is 48.5 Å². The van der Waals surface area contributed by atoms with Crippen LogP contribution in [0.2, 0.25) is 0 Å². The zero-order valence-corrected chi connectivity index (χ0v) is 20.9. The highest BCUT2D eigenvalue weighted by atomic mass is 19.3. The fraction of sp³-hybridized carbons (Fsp3) is 0.462. The summed E-state index contributed by atoms with van der Waals surface area (Å²) < 4.78 is 56.0. The Morgan fingerprint density at radius 2 is 1.68 bits per heavy atom. The van der Waals surface area contributed by atoms with Gasteiger partial charge in [0.25, 0.3) is 5.92 Å². The van der Waals surface area contributed by atoms with Gasteiger partial charge in [0.05, 0.1) is 13.2 Å². The fourth-order valence-electron chi connectivity index (χ4n) is 3.18. The van der Waals surface area contributed by atoms with Crippen molar-refractivity contribution in [2.45, 2.75) is 38.7 Å². The number of hydrogen-bond acceptors (Lipinski definition) is 5. The highest BCUT2D eigenvalue weighted by molar-refractivity contribution is 5.89. The minimum absolute atomic E-state index is 0.0309. The molecule has 0 aromatic heterocycles. The molecule has 0 aliphatic heterocycles. The maximum absolute atomic E-state index is 13.4. The third-order valence-electron chi connectivity index (χ3n) is 5.34. The summed E-state index contributed by atoms with van der Waals surface area (Å²) in [7, 11) is 0. The quantitative estimate of drug-likeness (QED) is 0.304. The van der Waals surface area contributed by atoms with Gasteiger partial charge in [-0.15, -0.1) is 0 Å². The fourth-order valence-corrected chi connectivity index (χ4v) is 3.18. The topological polar surface area (TPSA) is 97.3 Å². The van der Waals surface area contributed by atoms with Gasteiger partial charge in [0.1, 0.15) is 24.8 Å². The number of carboxylic acids is 1. The van der Waals surface area contributed by atoms with Crippen molar-refractivity contribution in [1.82, 2.24) is 4.90 Å². The molecule has 0 saturated carbocycles. The van der Waals surface area contributed by atoms with E-state index >= 15 is 0 Å². The predicted octanol–water partition coefficient (Wildman–Crippen LogP) is 4.83. The second kappa shape index (κ2) is 15.1. The molecular weight excluding hydrogens is 493 g/mol. The van der Waals surface area contributed by atoms with Gasteiger partial charge in [-0.05, 0) is 48.9 Å². The highest BCUT2D eigenvalue weighted by Crippen LogP contribution is 2.18. The number of benzene rings is 2. The number of carbonyl (C=O) groups is 2. The Bertz CT molecular complexity index is 973. The van der Waals surface area contributed by atoms with Crippen molar-refractivity contribution in [2.75, 3.05) is 44.8 Å². The average Bonchev–Trinajstić information content (AvgIpc) is 2.87. The Balaban J connectivity index is 1.93. The molecule has 2 aromatic rings. The zero-order chi connectivity index (χ0) is 27.3. The number of ether oxygens (including phenoxy) is 3. The number of hydrogen-bond donors (Lipinski definition) is 2. The summed E-state index contributed by atoms with van der Waals surface area (Å²) in [4.78, 5) is 25.4. The van der Waals surface area contributed by atoms with Crippen LogP contribution >= 0.6 is 0 Å². The summed E-state index contributed by atoms with van der Waals surface area (Å²) in [6.07, 6.45) is -1.08. The standard InChI is InChI=1S/C26H33F3N2O6/c1-3-26(28,29)18-35-15-13-31(25(34)30-21-9-7-20(27)8-10-21)14-16-37-22-11-5-19(6-12-22)17-23(24(32)33)36-4-2/h5-12,23H,3-4,13-18H2,1-2H3,(H,30,34)(H,32,33). The minimum Gasteiger partial charge on any atom is -0.492 e. The molecule has 0 spiro atoms. The molecule has 1 atom stereocenters. The molecule has 2 rings (SSSR count). The average molecular weight is 527 g/mol. The van der Waals surface area contributed by atoms with Crippen LogP contribution in [-0.2, 0) is 20.7 Å². The molecule has 0 aliphatic carbocycles. The van der Waals surface area contributed by atoms with Gasteiger partial charge in [0.15, 0.2) is 6.10 Å². The van der Waals surface area contributed by atoms with Crippen LogP contribution in [0.3, 0.4) is 0 Å². The normalized spacial score (nSPS) is 12.1. The molecule has 0 fully saturated rings. The molecule has 0 aliphatic rings. The van der Waals surface area contributed by atoms with Crippen molar-refractivity contribution in [3.63, 3.8) is 0 Å². The maximum atomic E-state index is 13.4. The molecule has 0 saturated heterocycles. The number of carboxylic acid groups (broad SMARTS) is 1. The van der Waals surface area contributed by atoms with Crippen molar-refractivity contribution in [2.24, 2.45) is 0 Å². The first-order valence-electron chi connectivity index (χ1n) is 12.0. The molecule has 0 heterocycles. The molecule has 204 valence electrons. The molecule has 0 bridgehead atoms. The monoisotopic (exact) mass is 526 g/mol. The predicted molar refractivity (Wildman–Crippen MR) is 132 cm³/mol. The van der Waals surface area contributed by atoms with E-state index in [0.717, 1.165) is 5.56 Å². The van der Waals surface area contributed by atoms with E-state index in [1.807, 2.05) is 0 Å². The number of nitrogens with zero attached hydrogens (tertiary/aromatic N) is 1. The lowest BCUT2D eigenvalue weighted by Crippen LogP contribution is -2.40. The van der Waals surface area contributed by atoms with Crippen LogP contribution in [0, 0.1) is 5.82 Å². The molecule has 11 heteroatoms. The van der Waals surface area contributed by atoms with Crippen LogP contribution in [0.4, 0.5) is 23.7 Å². The molecule has 2 aromatic carbocycles. The summed E-state index contributed by atoms with van der Waals surface area (Å²) in [5.74, 6) is -3.92. The van der Waals surface area contributed by atoms with E-state index in [9.17, 15) is 27.9 Å². The SMILES string of the molecule is CCOC(Cc1ccc(OCCN(CCOCC(F)(F)CC)C(=O)Nc2ccc(F)cc2)cc1)C(=O)O. The van der Waals surface area contributed by atoms with Crippen LogP contribution in [0.25, 0.3) is 0 Å². The van der Waals surface area contributed by atoms with E-state index in [-0.39, 0.29) is 45.8 Å². The largest absolute Gasteiger partial charge is 0.492 e. The summed E-state index contributed by atoms with van der Waals surface area (Å²) >= 11 is 0. The zero-order valence-electron chi connectivity index (χ0n) is 20.9. The van der Waals surface area contributed by atoms with Gasteiger partial charge >= 0.3 is 12.0 Å². The minimum atomic E-state index is -2.94. The number of alkyl halides is 2. The maximum Gasteiger partial charge on any atom is 0.333 e. The number of urea groups is 1. The number of amides is 2. The molecule has 1 unspecified atom stereocenters. The third-order valence-corrected chi connectivity index (χ3v) is 5.34. The smallest absolute Gasteiger partial charge is 0.333 e. The van der Waals surface area contributed by atoms with E-state index in [1.165, 1.54) is 36.1 Å². The number of nitrogens with one attached hydrogen (secondary N) is 1. The van der Waals surface area contributed by atoms with Crippen molar-refractivity contribution < 1.29 is 42.1 Å². The lowest BCUT2D eigenvalue weighted by atomic mass is 10.1. The van der Waals surface area contributed by atoms with E-state index in [2.05, 4.69) is 5.32 Å². The Morgan fingerprint density at radius 1 is 1.03 bits per heavy atom. The van der Waals surface area contributed by atoms with Crippen LogP contribution < -0.4 is 10.1 Å². The molecule has 8 nitrogen and oxygen atoms in total. The van der Waals surface area contributed by atoms with Gasteiger partial charge in [-0.1, -0.05) is 19.1 Å². The highest BCUT2D eigenvalue weighted by Gasteiger charge is 2.26. The van der Waals surface area contributed by atoms with Gasteiger partial charge in [0, 0.05) is 31.7 Å². The van der Waals surface area contributed by atoms with Crippen molar-refractivity contribution in [1.29, 1.82) is 0 Å². The van der Waals surface area contributed by atoms with E-state index in [4.69, 9.17) is 14.2 Å². The van der Waals surface area contributed by atoms with E-state index in [1.54, 1.807) is 31.2 Å². The second-order valence-corrected chi connectivity index (χ2v) is 8.16. The van der Waals surface area contributed by atoms with Gasteiger partial charge < -0.3 is 29.5 Å². The van der Waals surface area contributed by atoms with Crippen LogP contribution in [0.5, 0.6) is 5.75 Å². The summed E-state index contributed by atoms with van der Waals surface area (Å²) in [6.45, 7) is 2.77. The number of carbonyl (C=O) groups excluding carboxylic acids is 1. The Hall–Kier alpha value is -3.31. The Labute approximate surface area is 214 Å². The number of rotatable bonds is 16. The molecule has 0 radical (unpaired) electrons. The Morgan fingerprint density at radius 3 is 2.27 bits per heavy atom.